The Balaban J connectivity index is 1.53. The van der Waals surface area contributed by atoms with Crippen LogP contribution in [0.15, 0.2) is 42.7 Å². The zero-order chi connectivity index (χ0) is 18.1. The predicted molar refractivity (Wildman–Crippen MR) is 95.3 cm³/mol. The normalized spacial score (nSPS) is 14.0. The predicted octanol–water partition coefficient (Wildman–Crippen LogP) is 2.55. The summed E-state index contributed by atoms with van der Waals surface area (Å²) in [5.74, 6) is -0.332. The second kappa shape index (κ2) is 6.59. The minimum Gasteiger partial charge on any atom is -0.334 e. The lowest BCUT2D eigenvalue weighted by atomic mass is 10.0. The van der Waals surface area contributed by atoms with Crippen LogP contribution in [0.3, 0.4) is 0 Å². The van der Waals surface area contributed by atoms with Gasteiger partial charge in [-0.2, -0.15) is 10.2 Å². The molecule has 1 aromatic carbocycles. The molecule has 7 heteroatoms. The second-order valence-electron chi connectivity index (χ2n) is 6.33. The Morgan fingerprint density at radius 3 is 2.85 bits per heavy atom. The number of nitrogens with one attached hydrogen (secondary N) is 1. The number of H-pyrrole nitrogens is 1. The Bertz CT molecular complexity index is 970. The van der Waals surface area contributed by atoms with Crippen molar-refractivity contribution < 1.29 is 9.18 Å². The number of benzene rings is 1. The molecule has 132 valence electrons. The second-order valence-corrected chi connectivity index (χ2v) is 6.33. The van der Waals surface area contributed by atoms with Gasteiger partial charge in [-0.3, -0.25) is 14.6 Å². The average molecular weight is 351 g/mol. The summed E-state index contributed by atoms with van der Waals surface area (Å²) < 4.78 is 14.9. The van der Waals surface area contributed by atoms with Crippen molar-refractivity contribution in [3.05, 3.63) is 65.4 Å². The highest BCUT2D eigenvalue weighted by atomic mass is 19.1. The first-order chi connectivity index (χ1) is 12.6. The molecule has 0 atom stereocenters. The van der Waals surface area contributed by atoms with Gasteiger partial charge in [-0.1, -0.05) is 0 Å². The number of aryl methyl sites for hydroxylation is 1. The van der Waals surface area contributed by atoms with E-state index >= 15 is 0 Å². The number of carbonyl (C=O) groups excluding carboxylic acids is 1. The third-order valence-corrected chi connectivity index (χ3v) is 4.51. The monoisotopic (exact) mass is 351 g/mol. The van der Waals surface area contributed by atoms with E-state index in [2.05, 4.69) is 15.3 Å². The van der Waals surface area contributed by atoms with Crippen LogP contribution in [0.2, 0.25) is 0 Å². The summed E-state index contributed by atoms with van der Waals surface area (Å²) in [7, 11) is 1.83. The maximum Gasteiger partial charge on any atom is 0.246 e. The topological polar surface area (TPSA) is 66.8 Å². The number of hydrogen-bond acceptors (Lipinski definition) is 3. The van der Waals surface area contributed by atoms with Gasteiger partial charge in [0.2, 0.25) is 5.91 Å². The van der Waals surface area contributed by atoms with Crippen LogP contribution in [0.1, 0.15) is 16.8 Å². The fourth-order valence-corrected chi connectivity index (χ4v) is 3.13. The molecule has 1 aliphatic heterocycles. The molecule has 3 aromatic rings. The van der Waals surface area contributed by atoms with Crippen LogP contribution < -0.4 is 0 Å². The smallest absolute Gasteiger partial charge is 0.246 e. The average Bonchev–Trinajstić information content (AvgIpc) is 3.26. The number of carbonyl (C=O) groups is 1. The third-order valence-electron chi connectivity index (χ3n) is 4.51. The summed E-state index contributed by atoms with van der Waals surface area (Å²) in [5, 5.41) is 11.5. The quantitative estimate of drug-likeness (QED) is 0.738. The maximum absolute atomic E-state index is 13.2. The molecule has 0 spiro atoms. The number of hydrogen-bond donors (Lipinski definition) is 1. The van der Waals surface area contributed by atoms with Gasteiger partial charge in [-0.25, -0.2) is 4.39 Å². The van der Waals surface area contributed by atoms with Crippen molar-refractivity contribution in [1.29, 1.82) is 0 Å². The van der Waals surface area contributed by atoms with Gasteiger partial charge in [0.15, 0.2) is 0 Å². The highest BCUT2D eigenvalue weighted by Crippen LogP contribution is 2.28. The van der Waals surface area contributed by atoms with Crippen LogP contribution >= 0.6 is 0 Å². The minimum absolute atomic E-state index is 0.0502. The van der Waals surface area contributed by atoms with Crippen LogP contribution in [-0.2, 0) is 24.8 Å². The summed E-state index contributed by atoms with van der Waals surface area (Å²) in [4.78, 5) is 14.3. The molecule has 4 rings (SSSR count). The maximum atomic E-state index is 13.2. The van der Waals surface area contributed by atoms with Gasteiger partial charge in [-0.15, -0.1) is 0 Å². The van der Waals surface area contributed by atoms with E-state index in [-0.39, 0.29) is 11.7 Å². The summed E-state index contributed by atoms with van der Waals surface area (Å²) in [6, 6.07) is 6.24. The van der Waals surface area contributed by atoms with Gasteiger partial charge in [0.1, 0.15) is 5.82 Å². The van der Waals surface area contributed by atoms with Crippen molar-refractivity contribution in [1.82, 2.24) is 24.9 Å². The van der Waals surface area contributed by atoms with Crippen molar-refractivity contribution in [3.8, 4) is 11.3 Å². The van der Waals surface area contributed by atoms with E-state index in [4.69, 9.17) is 0 Å². The third kappa shape index (κ3) is 3.15. The number of nitrogens with zero attached hydrogens (tertiary/aromatic N) is 4. The molecule has 0 saturated carbocycles. The highest BCUT2D eigenvalue weighted by molar-refractivity contribution is 5.92. The molecule has 0 fully saturated rings. The molecular formula is C19H18FN5O. The van der Waals surface area contributed by atoms with Crippen LogP contribution in [-0.4, -0.2) is 37.3 Å². The molecule has 1 amide bonds. The van der Waals surface area contributed by atoms with Gasteiger partial charge in [0.05, 0.1) is 11.9 Å². The lowest BCUT2D eigenvalue weighted by Gasteiger charge is -2.26. The first-order valence-corrected chi connectivity index (χ1v) is 8.38. The molecule has 0 bridgehead atoms. The van der Waals surface area contributed by atoms with Gasteiger partial charge < -0.3 is 4.90 Å². The SMILES string of the molecule is Cn1cc(C=CC(=O)N2CCc3[nH]nc(-c4ccc(F)cc4)c3C2)cn1. The molecule has 26 heavy (non-hydrogen) atoms. The fraction of sp³-hybridized carbons (Fsp3) is 0.211. The Hall–Kier alpha value is -3.22. The number of amides is 1. The van der Waals surface area contributed by atoms with E-state index in [1.165, 1.54) is 12.1 Å². The first-order valence-electron chi connectivity index (χ1n) is 8.38. The Morgan fingerprint density at radius 2 is 2.12 bits per heavy atom. The highest BCUT2D eigenvalue weighted by Gasteiger charge is 2.24. The van der Waals surface area contributed by atoms with E-state index in [1.54, 1.807) is 40.1 Å². The van der Waals surface area contributed by atoms with E-state index in [0.29, 0.717) is 13.1 Å². The molecule has 1 aliphatic rings. The summed E-state index contributed by atoms with van der Waals surface area (Å²) in [6.07, 6.45) is 7.61. The minimum atomic E-state index is -0.282. The number of aromatic nitrogens is 4. The molecule has 6 nitrogen and oxygen atoms in total. The number of rotatable bonds is 3. The summed E-state index contributed by atoms with van der Waals surface area (Å²) in [6.45, 7) is 1.11. The van der Waals surface area contributed by atoms with Crippen LogP contribution in [0.4, 0.5) is 4.39 Å². The van der Waals surface area contributed by atoms with Crippen molar-refractivity contribution in [2.45, 2.75) is 13.0 Å². The Kier molecular flexibility index (Phi) is 4.12. The van der Waals surface area contributed by atoms with Crippen LogP contribution in [0.5, 0.6) is 0 Å². The van der Waals surface area contributed by atoms with Crippen molar-refractivity contribution in [2.75, 3.05) is 6.54 Å². The van der Waals surface area contributed by atoms with Crippen molar-refractivity contribution in [2.24, 2.45) is 7.05 Å². The van der Waals surface area contributed by atoms with E-state index < -0.39 is 0 Å². The van der Waals surface area contributed by atoms with E-state index in [9.17, 15) is 9.18 Å². The molecular weight excluding hydrogens is 333 g/mol. The number of halogens is 1. The van der Waals surface area contributed by atoms with Crippen molar-refractivity contribution >= 4 is 12.0 Å². The van der Waals surface area contributed by atoms with Gasteiger partial charge >= 0.3 is 0 Å². The standard InChI is InChI=1S/C19H18FN5O/c1-24-11-13(10-21-24)2-7-18(26)25-9-8-17-16(12-25)19(23-22-17)14-3-5-15(20)6-4-14/h2-7,10-11H,8-9,12H2,1H3,(H,22,23). The summed E-state index contributed by atoms with van der Waals surface area (Å²) in [5.41, 5.74) is 4.52. The fourth-order valence-electron chi connectivity index (χ4n) is 3.13. The van der Waals surface area contributed by atoms with E-state index in [0.717, 1.165) is 34.5 Å². The van der Waals surface area contributed by atoms with E-state index in [1.807, 2.05) is 13.2 Å². The number of fused-ring (bicyclic) bond motifs is 1. The molecule has 0 aliphatic carbocycles. The first kappa shape index (κ1) is 16.3. The van der Waals surface area contributed by atoms with Crippen LogP contribution in [0.25, 0.3) is 17.3 Å². The van der Waals surface area contributed by atoms with Gasteiger partial charge in [0, 0.05) is 61.2 Å². The molecule has 0 saturated heterocycles. The molecule has 1 N–H and O–H groups in total. The molecule has 3 heterocycles. The molecule has 2 aromatic heterocycles. The lowest BCUT2D eigenvalue weighted by Crippen LogP contribution is -2.34. The van der Waals surface area contributed by atoms with Crippen LogP contribution in [0, 0.1) is 5.82 Å². The van der Waals surface area contributed by atoms with Crippen molar-refractivity contribution in [3.63, 3.8) is 0 Å². The Morgan fingerprint density at radius 1 is 1.31 bits per heavy atom. The van der Waals surface area contributed by atoms with Gasteiger partial charge in [-0.05, 0) is 30.3 Å². The number of aromatic amines is 1. The summed E-state index contributed by atoms with van der Waals surface area (Å²) >= 11 is 0. The Labute approximate surface area is 149 Å². The zero-order valence-corrected chi connectivity index (χ0v) is 14.3. The molecule has 0 radical (unpaired) electrons. The lowest BCUT2D eigenvalue weighted by molar-refractivity contribution is -0.126. The van der Waals surface area contributed by atoms with Gasteiger partial charge in [0.25, 0.3) is 0 Å². The molecule has 0 unspecified atom stereocenters. The zero-order valence-electron chi connectivity index (χ0n) is 14.3. The largest absolute Gasteiger partial charge is 0.334 e.